The maximum Gasteiger partial charge on any atom is 0.419 e. The quantitative estimate of drug-likeness (QED) is 0.650. The first-order valence-electron chi connectivity index (χ1n) is 12.1. The van der Waals surface area contributed by atoms with Crippen LogP contribution in [0.5, 0.6) is 0 Å². The molecular weight excluding hydrogens is 439 g/mol. The summed E-state index contributed by atoms with van der Waals surface area (Å²) in [6.07, 6.45) is 0.554. The summed E-state index contributed by atoms with van der Waals surface area (Å²) < 4.78 is 40.3. The largest absolute Gasteiger partial charge is 0.419 e. The number of rotatable bonds is 7. The van der Waals surface area contributed by atoms with Crippen molar-refractivity contribution in [2.45, 2.75) is 49.4 Å². The van der Waals surface area contributed by atoms with Gasteiger partial charge in [0.1, 0.15) is 5.82 Å². The van der Waals surface area contributed by atoms with Crippen LogP contribution in [-0.2, 0) is 6.18 Å². The molecule has 2 saturated heterocycles. The molecule has 1 aromatic heterocycles. The number of nitriles is 1. The third kappa shape index (κ3) is 4.64. The molecule has 0 bridgehead atoms. The Kier molecular flexibility index (Phi) is 6.26. The number of anilines is 1. The molecule has 0 amide bonds. The van der Waals surface area contributed by atoms with Crippen LogP contribution in [0.15, 0.2) is 48.7 Å². The predicted molar refractivity (Wildman–Crippen MR) is 124 cm³/mol. The van der Waals surface area contributed by atoms with Crippen LogP contribution in [0.3, 0.4) is 0 Å². The Morgan fingerprint density at radius 1 is 1.09 bits per heavy atom. The zero-order valence-electron chi connectivity index (χ0n) is 19.1. The molecule has 8 heteroatoms. The molecule has 2 aromatic rings. The van der Waals surface area contributed by atoms with Gasteiger partial charge in [-0.1, -0.05) is 30.3 Å². The number of halogens is 3. The minimum absolute atomic E-state index is 0.0277. The van der Waals surface area contributed by atoms with E-state index in [0.29, 0.717) is 37.4 Å². The van der Waals surface area contributed by atoms with Crippen molar-refractivity contribution >= 4 is 5.82 Å². The van der Waals surface area contributed by atoms with Crippen LogP contribution in [0.1, 0.15) is 42.7 Å². The van der Waals surface area contributed by atoms with E-state index in [1.165, 1.54) is 24.2 Å². The molecule has 0 spiro atoms. The Balaban J connectivity index is 1.14. The van der Waals surface area contributed by atoms with Crippen LogP contribution in [0.4, 0.5) is 19.0 Å². The molecule has 1 N–H and O–H groups in total. The number of likely N-dealkylation sites (tertiary alicyclic amines) is 1. The van der Waals surface area contributed by atoms with Crippen molar-refractivity contribution in [2.24, 2.45) is 5.92 Å². The molecule has 3 aliphatic rings. The summed E-state index contributed by atoms with van der Waals surface area (Å²) in [5, 5.41) is 13.2. The molecule has 1 aromatic carbocycles. The Bertz CT molecular complexity index is 1020. The second kappa shape index (κ2) is 9.20. The average molecular weight is 470 g/mol. The van der Waals surface area contributed by atoms with Crippen LogP contribution in [0.2, 0.25) is 0 Å². The van der Waals surface area contributed by atoms with Gasteiger partial charge in [-0.3, -0.25) is 4.90 Å². The van der Waals surface area contributed by atoms with Gasteiger partial charge in [0.2, 0.25) is 0 Å². The van der Waals surface area contributed by atoms with Gasteiger partial charge < -0.3 is 10.2 Å². The van der Waals surface area contributed by atoms with Crippen LogP contribution >= 0.6 is 0 Å². The maximum atomic E-state index is 13.4. The van der Waals surface area contributed by atoms with E-state index in [9.17, 15) is 18.4 Å². The van der Waals surface area contributed by atoms with Gasteiger partial charge in [-0.15, -0.1) is 0 Å². The lowest BCUT2D eigenvalue weighted by Crippen LogP contribution is -2.71. The summed E-state index contributed by atoms with van der Waals surface area (Å²) in [6.45, 7) is 3.57. The number of piperidine rings is 1. The van der Waals surface area contributed by atoms with Gasteiger partial charge in [0.05, 0.1) is 23.6 Å². The number of hydrogen-bond acceptors (Lipinski definition) is 5. The number of hydrogen-bond donors (Lipinski definition) is 1. The number of pyridine rings is 1. The summed E-state index contributed by atoms with van der Waals surface area (Å²) in [5.74, 6) is 1.19. The van der Waals surface area contributed by atoms with Crippen LogP contribution in [-0.4, -0.2) is 54.2 Å². The maximum absolute atomic E-state index is 13.4. The zero-order chi connectivity index (χ0) is 23.8. The van der Waals surface area contributed by atoms with E-state index >= 15 is 0 Å². The number of benzene rings is 1. The minimum atomic E-state index is -4.44. The topological polar surface area (TPSA) is 55.2 Å². The Morgan fingerprint density at radius 2 is 1.82 bits per heavy atom. The Hall–Kier alpha value is -2.63. The van der Waals surface area contributed by atoms with Crippen molar-refractivity contribution in [1.82, 2.24) is 15.2 Å². The van der Waals surface area contributed by atoms with E-state index in [1.54, 1.807) is 4.90 Å². The summed E-state index contributed by atoms with van der Waals surface area (Å²) >= 11 is 0. The molecule has 2 atom stereocenters. The van der Waals surface area contributed by atoms with Crippen LogP contribution in [0, 0.1) is 17.2 Å². The number of nitrogens with zero attached hydrogens (tertiary/aromatic N) is 4. The fraction of sp³-hybridized carbons (Fsp3) is 0.538. The standard InChI is InChI=1S/C26H30F3N5/c27-26(28,29)22-7-4-12-31-24(22)33-17-25(18-33,10-11-30)34-13-8-19(9-14-34)16-32-23-15-21(23)20-5-2-1-3-6-20/h1-7,12,19,21,23,32H,8-10,13-18H2. The zero-order valence-corrected chi connectivity index (χ0v) is 19.1. The molecule has 1 saturated carbocycles. The van der Waals surface area contributed by atoms with Crippen LogP contribution in [0.25, 0.3) is 0 Å². The fourth-order valence-corrected chi connectivity index (χ4v) is 5.67. The second-order valence-corrected chi connectivity index (χ2v) is 9.99. The Labute approximate surface area is 198 Å². The highest BCUT2D eigenvalue weighted by Gasteiger charge is 2.50. The molecule has 180 valence electrons. The number of nitrogens with one attached hydrogen (secondary N) is 1. The van der Waals surface area contributed by atoms with Gasteiger partial charge in [-0.05, 0) is 62.5 Å². The van der Waals surface area contributed by atoms with Crippen molar-refractivity contribution in [3.05, 3.63) is 59.8 Å². The second-order valence-electron chi connectivity index (χ2n) is 9.99. The highest BCUT2D eigenvalue weighted by atomic mass is 19.4. The summed E-state index contributed by atoms with van der Waals surface area (Å²) in [5.41, 5.74) is 0.311. The predicted octanol–water partition coefficient (Wildman–Crippen LogP) is 4.43. The number of alkyl halides is 3. The lowest BCUT2D eigenvalue weighted by atomic mass is 9.81. The summed E-state index contributed by atoms with van der Waals surface area (Å²) in [7, 11) is 0. The molecule has 5 rings (SSSR count). The van der Waals surface area contributed by atoms with Crippen LogP contribution < -0.4 is 10.2 Å². The highest BCUT2D eigenvalue weighted by Crippen LogP contribution is 2.43. The lowest BCUT2D eigenvalue weighted by molar-refractivity contribution is -0.137. The molecule has 2 unspecified atom stereocenters. The van der Waals surface area contributed by atoms with E-state index in [2.05, 4.69) is 45.5 Å². The van der Waals surface area contributed by atoms with Gasteiger partial charge >= 0.3 is 6.18 Å². The third-order valence-corrected chi connectivity index (χ3v) is 7.74. The SMILES string of the molecule is N#CCC1(N2CCC(CNC3CC3c3ccccc3)CC2)CN(c2ncccc2C(F)(F)F)C1. The molecule has 34 heavy (non-hydrogen) atoms. The fourth-order valence-electron chi connectivity index (χ4n) is 5.67. The molecule has 2 aliphatic heterocycles. The summed E-state index contributed by atoms with van der Waals surface area (Å²) in [4.78, 5) is 8.03. The van der Waals surface area contributed by atoms with Crippen molar-refractivity contribution in [3.8, 4) is 6.07 Å². The first kappa shape index (κ1) is 23.1. The molecule has 1 aliphatic carbocycles. The number of aromatic nitrogens is 1. The first-order chi connectivity index (χ1) is 16.4. The average Bonchev–Trinajstić information content (AvgIpc) is 3.60. The highest BCUT2D eigenvalue weighted by molar-refractivity contribution is 5.52. The van der Waals surface area contributed by atoms with Gasteiger partial charge in [-0.2, -0.15) is 18.4 Å². The third-order valence-electron chi connectivity index (χ3n) is 7.74. The lowest BCUT2D eigenvalue weighted by Gasteiger charge is -2.57. The van der Waals surface area contributed by atoms with Gasteiger partial charge in [-0.25, -0.2) is 4.98 Å². The molecule has 3 heterocycles. The smallest absolute Gasteiger partial charge is 0.352 e. The Morgan fingerprint density at radius 3 is 2.50 bits per heavy atom. The summed E-state index contributed by atoms with van der Waals surface area (Å²) in [6, 6.07) is 15.9. The minimum Gasteiger partial charge on any atom is -0.352 e. The van der Waals surface area contributed by atoms with E-state index in [1.807, 2.05) is 6.07 Å². The first-order valence-corrected chi connectivity index (χ1v) is 12.1. The van der Waals surface area contributed by atoms with E-state index in [0.717, 1.165) is 38.5 Å². The van der Waals surface area contributed by atoms with Crippen molar-refractivity contribution in [3.63, 3.8) is 0 Å². The van der Waals surface area contributed by atoms with Crippen molar-refractivity contribution in [2.75, 3.05) is 37.6 Å². The van der Waals surface area contributed by atoms with Gasteiger partial charge in [0, 0.05) is 31.2 Å². The molecule has 0 radical (unpaired) electrons. The van der Waals surface area contributed by atoms with E-state index < -0.39 is 11.7 Å². The normalized spacial score (nSPS) is 24.9. The monoisotopic (exact) mass is 469 g/mol. The van der Waals surface area contributed by atoms with E-state index in [-0.39, 0.29) is 11.4 Å². The van der Waals surface area contributed by atoms with Crippen molar-refractivity contribution in [1.29, 1.82) is 5.26 Å². The molecule has 5 nitrogen and oxygen atoms in total. The molecule has 3 fully saturated rings. The van der Waals surface area contributed by atoms with E-state index in [4.69, 9.17) is 0 Å². The van der Waals surface area contributed by atoms with Crippen molar-refractivity contribution < 1.29 is 13.2 Å². The van der Waals surface area contributed by atoms with Gasteiger partial charge in [0.15, 0.2) is 0 Å². The van der Waals surface area contributed by atoms with Gasteiger partial charge in [0.25, 0.3) is 0 Å². The molecular formula is C26H30F3N5.